The number of halogens is 2. The van der Waals surface area contributed by atoms with E-state index in [2.05, 4.69) is 21.0 Å². The minimum Gasteiger partial charge on any atom is -0.384 e. The minimum absolute atomic E-state index is 0.630. The van der Waals surface area contributed by atoms with Crippen LogP contribution in [0.15, 0.2) is 22.7 Å². The number of nitrogens with two attached hydrogens (primary N) is 1. The van der Waals surface area contributed by atoms with Crippen molar-refractivity contribution in [2.24, 2.45) is 7.05 Å². The maximum Gasteiger partial charge on any atom is 0.121 e. The van der Waals surface area contributed by atoms with Crippen molar-refractivity contribution in [2.45, 2.75) is 6.92 Å². The average molecular weight is 301 g/mol. The van der Waals surface area contributed by atoms with Crippen LogP contribution in [0.5, 0.6) is 0 Å². The molecule has 0 amide bonds. The summed E-state index contributed by atoms with van der Waals surface area (Å²) in [4.78, 5) is 0. The smallest absolute Gasteiger partial charge is 0.121 e. The second-order valence-electron chi connectivity index (χ2n) is 3.64. The summed E-state index contributed by atoms with van der Waals surface area (Å²) in [5.74, 6) is 0.630. The standard InChI is InChI=1S/C11H11BrClN3/c1-6-8(3-7(12)4-9(6)13)10-5-11(14)16(2)15-10/h3-5H,14H2,1-2H3. The summed E-state index contributed by atoms with van der Waals surface area (Å²) in [5.41, 5.74) is 8.59. The van der Waals surface area contributed by atoms with Crippen molar-refractivity contribution in [3.8, 4) is 11.3 Å². The molecule has 1 aromatic heterocycles. The lowest BCUT2D eigenvalue weighted by Crippen LogP contribution is -1.96. The first-order chi connectivity index (χ1) is 7.49. The molecule has 16 heavy (non-hydrogen) atoms. The van der Waals surface area contributed by atoms with E-state index in [1.54, 1.807) is 4.68 Å². The molecule has 84 valence electrons. The van der Waals surface area contributed by atoms with Crippen LogP contribution in [0.4, 0.5) is 5.82 Å². The maximum absolute atomic E-state index is 6.12. The first kappa shape index (κ1) is 11.5. The normalized spacial score (nSPS) is 10.8. The highest BCUT2D eigenvalue weighted by Crippen LogP contribution is 2.32. The van der Waals surface area contributed by atoms with Crippen molar-refractivity contribution in [3.63, 3.8) is 0 Å². The third-order valence-corrected chi connectivity index (χ3v) is 3.35. The Bertz CT molecular complexity index is 529. The Morgan fingerprint density at radius 2 is 2.06 bits per heavy atom. The lowest BCUT2D eigenvalue weighted by atomic mass is 10.1. The number of hydrogen-bond acceptors (Lipinski definition) is 2. The molecule has 2 N–H and O–H groups in total. The molecule has 5 heteroatoms. The Morgan fingerprint density at radius 1 is 1.38 bits per heavy atom. The molecular weight excluding hydrogens is 289 g/mol. The van der Waals surface area contributed by atoms with E-state index in [9.17, 15) is 0 Å². The van der Waals surface area contributed by atoms with Crippen molar-refractivity contribution >= 4 is 33.3 Å². The van der Waals surface area contributed by atoms with Crippen LogP contribution < -0.4 is 5.73 Å². The first-order valence-corrected chi connectivity index (χ1v) is 5.91. The SMILES string of the molecule is Cc1c(Cl)cc(Br)cc1-c1cc(N)n(C)n1. The van der Waals surface area contributed by atoms with Gasteiger partial charge in [0.15, 0.2) is 0 Å². The Labute approximate surface area is 107 Å². The van der Waals surface area contributed by atoms with E-state index in [4.69, 9.17) is 17.3 Å². The molecule has 0 saturated carbocycles. The molecule has 0 bridgehead atoms. The fourth-order valence-electron chi connectivity index (χ4n) is 1.53. The molecule has 3 nitrogen and oxygen atoms in total. The zero-order valence-corrected chi connectivity index (χ0v) is 11.3. The van der Waals surface area contributed by atoms with Gasteiger partial charge in [-0.25, -0.2) is 0 Å². The van der Waals surface area contributed by atoms with Gasteiger partial charge < -0.3 is 5.73 Å². The molecule has 0 atom stereocenters. The predicted molar refractivity (Wildman–Crippen MR) is 70.5 cm³/mol. The number of aryl methyl sites for hydroxylation is 1. The monoisotopic (exact) mass is 299 g/mol. The van der Waals surface area contributed by atoms with E-state index in [-0.39, 0.29) is 0 Å². The van der Waals surface area contributed by atoms with Crippen LogP contribution in [-0.2, 0) is 7.05 Å². The third kappa shape index (κ3) is 1.95. The Kier molecular flexibility index (Phi) is 2.95. The first-order valence-electron chi connectivity index (χ1n) is 4.74. The number of nitrogen functional groups attached to an aromatic ring is 1. The molecule has 0 radical (unpaired) electrons. The largest absolute Gasteiger partial charge is 0.384 e. The number of nitrogens with zero attached hydrogens (tertiary/aromatic N) is 2. The zero-order valence-electron chi connectivity index (χ0n) is 8.96. The maximum atomic E-state index is 6.12. The number of benzene rings is 1. The van der Waals surface area contributed by atoms with Crippen LogP contribution in [0.25, 0.3) is 11.3 Å². The number of aromatic nitrogens is 2. The molecule has 0 aliphatic heterocycles. The van der Waals surface area contributed by atoms with E-state index in [0.29, 0.717) is 10.8 Å². The molecule has 1 aromatic carbocycles. The highest BCUT2D eigenvalue weighted by atomic mass is 79.9. The molecule has 2 rings (SSSR count). The van der Waals surface area contributed by atoms with Crippen LogP contribution in [0.2, 0.25) is 5.02 Å². The predicted octanol–water partition coefficient (Wildman–Crippen LogP) is 3.39. The van der Waals surface area contributed by atoms with E-state index in [1.807, 2.05) is 32.2 Å². The van der Waals surface area contributed by atoms with Gasteiger partial charge in [0.2, 0.25) is 0 Å². The van der Waals surface area contributed by atoms with Crippen LogP contribution >= 0.6 is 27.5 Å². The van der Waals surface area contributed by atoms with Gasteiger partial charge in [-0.05, 0) is 24.6 Å². The summed E-state index contributed by atoms with van der Waals surface area (Å²) >= 11 is 9.54. The molecule has 0 saturated heterocycles. The lowest BCUT2D eigenvalue weighted by molar-refractivity contribution is 0.782. The fraction of sp³-hybridized carbons (Fsp3) is 0.182. The summed E-state index contributed by atoms with van der Waals surface area (Å²) in [7, 11) is 1.81. The molecule has 0 unspecified atom stereocenters. The molecule has 2 aromatic rings. The lowest BCUT2D eigenvalue weighted by Gasteiger charge is -2.05. The van der Waals surface area contributed by atoms with Crippen LogP contribution in [0.3, 0.4) is 0 Å². The number of rotatable bonds is 1. The van der Waals surface area contributed by atoms with Gasteiger partial charge in [0.1, 0.15) is 5.82 Å². The molecular formula is C11H11BrClN3. The molecule has 0 fully saturated rings. The molecule has 0 aliphatic carbocycles. The van der Waals surface area contributed by atoms with Gasteiger partial charge >= 0.3 is 0 Å². The summed E-state index contributed by atoms with van der Waals surface area (Å²) in [6.07, 6.45) is 0. The van der Waals surface area contributed by atoms with E-state index < -0.39 is 0 Å². The van der Waals surface area contributed by atoms with Crippen molar-refractivity contribution in [1.29, 1.82) is 0 Å². The molecule has 0 aliphatic rings. The zero-order chi connectivity index (χ0) is 11.9. The quantitative estimate of drug-likeness (QED) is 0.877. The summed E-state index contributed by atoms with van der Waals surface area (Å²) in [6, 6.07) is 5.70. The summed E-state index contributed by atoms with van der Waals surface area (Å²) in [6.45, 7) is 1.97. The second kappa shape index (κ2) is 4.11. The van der Waals surface area contributed by atoms with E-state index in [0.717, 1.165) is 21.3 Å². The van der Waals surface area contributed by atoms with Crippen molar-refractivity contribution in [3.05, 3.63) is 33.3 Å². The van der Waals surface area contributed by atoms with Crippen LogP contribution in [0.1, 0.15) is 5.56 Å². The fourth-order valence-corrected chi connectivity index (χ4v) is 2.33. The molecule has 0 spiro atoms. The summed E-state index contributed by atoms with van der Waals surface area (Å²) in [5, 5.41) is 5.05. The van der Waals surface area contributed by atoms with Gasteiger partial charge in [-0.1, -0.05) is 27.5 Å². The highest BCUT2D eigenvalue weighted by molar-refractivity contribution is 9.10. The number of anilines is 1. The number of hydrogen-bond donors (Lipinski definition) is 1. The van der Waals surface area contributed by atoms with Crippen LogP contribution in [0, 0.1) is 6.92 Å². The van der Waals surface area contributed by atoms with Gasteiger partial charge in [-0.15, -0.1) is 0 Å². The summed E-state index contributed by atoms with van der Waals surface area (Å²) < 4.78 is 2.58. The van der Waals surface area contributed by atoms with Gasteiger partial charge in [0.25, 0.3) is 0 Å². The Morgan fingerprint density at radius 3 is 2.62 bits per heavy atom. The Balaban J connectivity index is 2.63. The van der Waals surface area contributed by atoms with Gasteiger partial charge in [0, 0.05) is 28.2 Å². The van der Waals surface area contributed by atoms with Crippen LogP contribution in [-0.4, -0.2) is 9.78 Å². The van der Waals surface area contributed by atoms with Crippen molar-refractivity contribution < 1.29 is 0 Å². The van der Waals surface area contributed by atoms with Gasteiger partial charge in [-0.2, -0.15) is 5.10 Å². The van der Waals surface area contributed by atoms with E-state index >= 15 is 0 Å². The second-order valence-corrected chi connectivity index (χ2v) is 4.96. The molecule has 1 heterocycles. The van der Waals surface area contributed by atoms with Crippen molar-refractivity contribution in [1.82, 2.24) is 9.78 Å². The topological polar surface area (TPSA) is 43.8 Å². The van der Waals surface area contributed by atoms with Crippen molar-refractivity contribution in [2.75, 3.05) is 5.73 Å². The Hall–Kier alpha value is -1.00. The third-order valence-electron chi connectivity index (χ3n) is 2.50. The van der Waals surface area contributed by atoms with Gasteiger partial charge in [-0.3, -0.25) is 4.68 Å². The average Bonchev–Trinajstić information content (AvgIpc) is 2.53. The van der Waals surface area contributed by atoms with E-state index in [1.165, 1.54) is 0 Å². The van der Waals surface area contributed by atoms with Gasteiger partial charge in [0.05, 0.1) is 5.69 Å². The highest BCUT2D eigenvalue weighted by Gasteiger charge is 2.11. The minimum atomic E-state index is 0.630.